The molecule has 0 aromatic heterocycles. The zero-order valence-electron chi connectivity index (χ0n) is 20.4. The van der Waals surface area contributed by atoms with Gasteiger partial charge in [0.05, 0.1) is 6.04 Å². The van der Waals surface area contributed by atoms with E-state index >= 15 is 0 Å². The number of carbonyl (C=O) groups is 2. The van der Waals surface area contributed by atoms with Gasteiger partial charge in [-0.05, 0) is 69.9 Å². The maximum Gasteiger partial charge on any atom is 0.245 e. The van der Waals surface area contributed by atoms with Crippen LogP contribution in [0.5, 0.6) is 0 Å². The number of rotatable bonds is 11. The third-order valence-electron chi connectivity index (χ3n) is 7.54. The molecule has 1 saturated carbocycles. The molecule has 1 aliphatic carbocycles. The molecule has 2 aliphatic heterocycles. The van der Waals surface area contributed by atoms with Crippen LogP contribution in [0.3, 0.4) is 0 Å². The van der Waals surface area contributed by atoms with Crippen molar-refractivity contribution in [1.29, 1.82) is 0 Å². The minimum Gasteiger partial charge on any atom is -0.343 e. The molecule has 2 fully saturated rings. The summed E-state index contributed by atoms with van der Waals surface area (Å²) in [7, 11) is 1.79. The van der Waals surface area contributed by atoms with E-state index in [1.807, 2.05) is 18.7 Å². The van der Waals surface area contributed by atoms with Crippen molar-refractivity contribution in [3.63, 3.8) is 0 Å². The lowest BCUT2D eigenvalue weighted by Crippen LogP contribution is -2.57. The molecule has 0 unspecified atom stereocenters. The monoisotopic (exact) mass is 464 g/mol. The van der Waals surface area contributed by atoms with E-state index in [2.05, 4.69) is 33.4 Å². The van der Waals surface area contributed by atoms with Crippen LogP contribution in [-0.4, -0.2) is 78.7 Å². The van der Waals surface area contributed by atoms with Crippen molar-refractivity contribution in [2.75, 3.05) is 39.0 Å². The first kappa shape index (κ1) is 25.6. The quantitative estimate of drug-likeness (QED) is 0.491. The summed E-state index contributed by atoms with van der Waals surface area (Å²) in [6, 6.07) is -0.409. The number of allylic oxidation sites excluding steroid dienone is 1. The van der Waals surface area contributed by atoms with Gasteiger partial charge in [0.15, 0.2) is 0 Å². The van der Waals surface area contributed by atoms with Gasteiger partial charge >= 0.3 is 0 Å². The molecule has 0 spiro atoms. The van der Waals surface area contributed by atoms with E-state index in [0.29, 0.717) is 0 Å². The molecule has 0 bridgehead atoms. The van der Waals surface area contributed by atoms with Gasteiger partial charge in [0.1, 0.15) is 6.04 Å². The third-order valence-corrected chi connectivity index (χ3v) is 8.72. The topological polar surface area (TPSA) is 64.7 Å². The van der Waals surface area contributed by atoms with E-state index in [1.165, 1.54) is 23.5 Å². The van der Waals surface area contributed by atoms with E-state index in [-0.39, 0.29) is 35.9 Å². The lowest BCUT2D eigenvalue weighted by atomic mass is 9.83. The average Bonchev–Trinajstić information content (AvgIpc) is 3.51. The van der Waals surface area contributed by atoms with Crippen LogP contribution < -0.4 is 10.6 Å². The molecule has 7 heteroatoms. The fraction of sp³-hybridized carbons (Fsp3) is 0.840. The zero-order chi connectivity index (χ0) is 22.9. The molecular formula is C25H44N4O2S. The summed E-state index contributed by atoms with van der Waals surface area (Å²) < 4.78 is 0. The van der Waals surface area contributed by atoms with Crippen LogP contribution in [-0.2, 0) is 9.59 Å². The summed E-state index contributed by atoms with van der Waals surface area (Å²) in [4.78, 5) is 32.6. The Bertz CT molecular complexity index is 650. The Morgan fingerprint density at radius 1 is 1.22 bits per heavy atom. The van der Waals surface area contributed by atoms with E-state index in [4.69, 9.17) is 0 Å². The molecule has 182 valence electrons. The van der Waals surface area contributed by atoms with E-state index in [1.54, 1.807) is 7.05 Å². The fourth-order valence-electron chi connectivity index (χ4n) is 5.34. The Kier molecular flexibility index (Phi) is 10.4. The number of hydrogen-bond acceptors (Lipinski definition) is 5. The van der Waals surface area contributed by atoms with Crippen molar-refractivity contribution >= 4 is 23.6 Å². The number of nitrogens with one attached hydrogen (secondary N) is 2. The molecule has 1 saturated heterocycles. The van der Waals surface area contributed by atoms with Gasteiger partial charge in [-0.3, -0.25) is 9.59 Å². The minimum atomic E-state index is -0.380. The second-order valence-electron chi connectivity index (χ2n) is 9.67. The highest BCUT2D eigenvalue weighted by Gasteiger charge is 2.38. The SMILES string of the molecule is CCN(CCC1=CCCS1)C[C@@H]1CCCN1C(=O)[C@@H](NC(=O)[C@H](C)NC)C1CCCCC1. The lowest BCUT2D eigenvalue weighted by molar-refractivity contribution is -0.139. The average molecular weight is 465 g/mol. The van der Waals surface area contributed by atoms with Crippen LogP contribution in [0.1, 0.15) is 71.6 Å². The van der Waals surface area contributed by atoms with Crippen molar-refractivity contribution in [2.45, 2.75) is 89.8 Å². The first-order valence-corrected chi connectivity index (χ1v) is 13.8. The Balaban J connectivity index is 1.64. The summed E-state index contributed by atoms with van der Waals surface area (Å²) >= 11 is 2.00. The van der Waals surface area contributed by atoms with Crippen LogP contribution in [0.25, 0.3) is 0 Å². The minimum absolute atomic E-state index is 0.0651. The van der Waals surface area contributed by atoms with Crippen molar-refractivity contribution < 1.29 is 9.59 Å². The van der Waals surface area contributed by atoms with E-state index < -0.39 is 0 Å². The summed E-state index contributed by atoms with van der Waals surface area (Å²) in [5.41, 5.74) is 0. The fourth-order valence-corrected chi connectivity index (χ4v) is 6.31. The Morgan fingerprint density at radius 3 is 2.66 bits per heavy atom. The Labute approximate surface area is 199 Å². The predicted octanol–water partition coefficient (Wildman–Crippen LogP) is 3.38. The molecule has 32 heavy (non-hydrogen) atoms. The normalized spacial score (nSPS) is 23.9. The van der Waals surface area contributed by atoms with Crippen molar-refractivity contribution in [3.05, 3.63) is 11.0 Å². The van der Waals surface area contributed by atoms with E-state index in [9.17, 15) is 9.59 Å². The maximum atomic E-state index is 13.8. The number of carbonyl (C=O) groups excluding carboxylic acids is 2. The maximum absolute atomic E-state index is 13.8. The molecule has 2 heterocycles. The predicted molar refractivity (Wildman–Crippen MR) is 134 cm³/mol. The van der Waals surface area contributed by atoms with Gasteiger partial charge in [-0.25, -0.2) is 0 Å². The van der Waals surface area contributed by atoms with Crippen LogP contribution >= 0.6 is 11.8 Å². The standard InChI is InChI=1S/C25H44N4O2S/c1-4-28(16-14-22-13-9-17-32-22)18-21-12-8-15-29(21)25(31)23(20-10-6-5-7-11-20)27-24(30)19(2)26-3/h13,19-21,23,26H,4-12,14-18H2,1-3H3,(H,27,30)/t19-,21-,23-/m0/s1. The molecule has 3 atom stereocenters. The number of likely N-dealkylation sites (tertiary alicyclic amines) is 1. The number of amides is 2. The molecule has 0 aromatic rings. The molecular weight excluding hydrogens is 420 g/mol. The number of thioether (sulfide) groups is 1. The molecule has 3 aliphatic rings. The van der Waals surface area contributed by atoms with Crippen LogP contribution in [0.15, 0.2) is 11.0 Å². The second-order valence-corrected chi connectivity index (χ2v) is 10.9. The number of nitrogens with zero attached hydrogens (tertiary/aromatic N) is 2. The van der Waals surface area contributed by atoms with Crippen molar-refractivity contribution in [3.8, 4) is 0 Å². The highest BCUT2D eigenvalue weighted by Crippen LogP contribution is 2.30. The second kappa shape index (κ2) is 13.0. The highest BCUT2D eigenvalue weighted by atomic mass is 32.2. The highest BCUT2D eigenvalue weighted by molar-refractivity contribution is 8.03. The van der Waals surface area contributed by atoms with Crippen LogP contribution in [0.4, 0.5) is 0 Å². The molecule has 0 aromatic carbocycles. The van der Waals surface area contributed by atoms with E-state index in [0.717, 1.165) is 71.1 Å². The van der Waals surface area contributed by atoms with Gasteiger partial charge in [-0.1, -0.05) is 32.3 Å². The molecule has 3 rings (SSSR count). The first-order valence-electron chi connectivity index (χ1n) is 12.9. The summed E-state index contributed by atoms with van der Waals surface area (Å²) in [6.45, 7) is 7.92. The van der Waals surface area contributed by atoms with Gasteiger partial charge in [0.25, 0.3) is 0 Å². The first-order chi connectivity index (χ1) is 15.5. The van der Waals surface area contributed by atoms with Crippen molar-refractivity contribution in [1.82, 2.24) is 20.4 Å². The largest absolute Gasteiger partial charge is 0.343 e. The Hall–Kier alpha value is -1.05. The van der Waals surface area contributed by atoms with Gasteiger partial charge in [-0.15, -0.1) is 11.8 Å². The van der Waals surface area contributed by atoms with Crippen molar-refractivity contribution in [2.24, 2.45) is 5.92 Å². The molecule has 6 nitrogen and oxygen atoms in total. The molecule has 2 N–H and O–H groups in total. The van der Waals surface area contributed by atoms with Crippen LogP contribution in [0.2, 0.25) is 0 Å². The summed E-state index contributed by atoms with van der Waals surface area (Å²) in [6.07, 6.45) is 12.5. The van der Waals surface area contributed by atoms with Gasteiger partial charge in [-0.2, -0.15) is 0 Å². The Morgan fingerprint density at radius 2 is 2.00 bits per heavy atom. The van der Waals surface area contributed by atoms with Gasteiger partial charge < -0.3 is 20.4 Å². The molecule has 2 amide bonds. The zero-order valence-corrected chi connectivity index (χ0v) is 21.2. The summed E-state index contributed by atoms with van der Waals surface area (Å²) in [5, 5.41) is 6.16. The third kappa shape index (κ3) is 6.97. The molecule has 0 radical (unpaired) electrons. The smallest absolute Gasteiger partial charge is 0.245 e. The summed E-state index contributed by atoms with van der Waals surface area (Å²) in [5.74, 6) is 1.58. The number of hydrogen-bond donors (Lipinski definition) is 2. The van der Waals surface area contributed by atoms with Crippen LogP contribution in [0, 0.1) is 5.92 Å². The van der Waals surface area contributed by atoms with Gasteiger partial charge in [0, 0.05) is 31.4 Å². The number of likely N-dealkylation sites (N-methyl/N-ethyl adjacent to an activating group) is 2. The lowest BCUT2D eigenvalue weighted by Gasteiger charge is -2.36. The van der Waals surface area contributed by atoms with Gasteiger partial charge in [0.2, 0.25) is 11.8 Å².